The average molecular weight is 263 g/mol. The molecule has 1 aliphatic carbocycles. The summed E-state index contributed by atoms with van der Waals surface area (Å²) in [5.74, 6) is 0.693. The molecule has 1 aromatic carbocycles. The number of rotatable bonds is 3. The zero-order valence-corrected chi connectivity index (χ0v) is 12.1. The summed E-state index contributed by atoms with van der Waals surface area (Å²) in [7, 11) is 0. The van der Waals surface area contributed by atoms with Crippen LogP contribution in [0.25, 0.3) is 0 Å². The van der Waals surface area contributed by atoms with Gasteiger partial charge in [0.2, 0.25) is 0 Å². The minimum atomic E-state index is 0.247. The maximum Gasteiger partial charge on any atom is 0.0694 e. The van der Waals surface area contributed by atoms with Crippen LogP contribution in [0.5, 0.6) is 0 Å². The summed E-state index contributed by atoms with van der Waals surface area (Å²) in [5, 5.41) is 3.72. The number of anilines is 1. The molecule has 2 fully saturated rings. The standard InChI is InChI=1S/C15H21NOS/c1-15(2)13(12-7-8-17-14(12)15)16-10-5-4-6-11(9-10)18-3/h4-6,9,12-14,16H,7-8H2,1-3H3. The molecule has 2 aliphatic rings. The molecule has 0 aromatic heterocycles. The van der Waals surface area contributed by atoms with Crippen LogP contribution in [0.1, 0.15) is 20.3 Å². The average Bonchev–Trinajstić information content (AvgIpc) is 2.83. The maximum atomic E-state index is 5.84. The van der Waals surface area contributed by atoms with Gasteiger partial charge in [0.15, 0.2) is 0 Å². The van der Waals surface area contributed by atoms with Gasteiger partial charge in [0.1, 0.15) is 0 Å². The van der Waals surface area contributed by atoms with Crippen LogP contribution >= 0.6 is 11.8 Å². The first-order valence-electron chi connectivity index (χ1n) is 6.65. The van der Waals surface area contributed by atoms with E-state index in [-0.39, 0.29) is 5.41 Å². The van der Waals surface area contributed by atoms with E-state index in [2.05, 4.69) is 49.7 Å². The second kappa shape index (κ2) is 4.46. The highest BCUT2D eigenvalue weighted by atomic mass is 32.2. The van der Waals surface area contributed by atoms with E-state index in [1.54, 1.807) is 11.8 Å². The van der Waals surface area contributed by atoms with Gasteiger partial charge in [-0.3, -0.25) is 0 Å². The van der Waals surface area contributed by atoms with Gasteiger partial charge in [-0.25, -0.2) is 0 Å². The van der Waals surface area contributed by atoms with Gasteiger partial charge in [-0.2, -0.15) is 0 Å². The molecule has 1 heterocycles. The van der Waals surface area contributed by atoms with Gasteiger partial charge in [-0.15, -0.1) is 11.8 Å². The van der Waals surface area contributed by atoms with E-state index in [9.17, 15) is 0 Å². The highest BCUT2D eigenvalue weighted by Gasteiger charge is 2.59. The quantitative estimate of drug-likeness (QED) is 0.841. The first-order chi connectivity index (χ1) is 8.63. The smallest absolute Gasteiger partial charge is 0.0694 e. The lowest BCUT2D eigenvalue weighted by atomic mass is 9.57. The Morgan fingerprint density at radius 1 is 1.39 bits per heavy atom. The molecule has 0 spiro atoms. The maximum absolute atomic E-state index is 5.84. The minimum absolute atomic E-state index is 0.247. The van der Waals surface area contributed by atoms with Gasteiger partial charge in [-0.1, -0.05) is 19.9 Å². The summed E-state index contributed by atoms with van der Waals surface area (Å²) in [6, 6.07) is 9.23. The van der Waals surface area contributed by atoms with E-state index < -0.39 is 0 Å². The highest BCUT2D eigenvalue weighted by molar-refractivity contribution is 7.98. The lowest BCUT2D eigenvalue weighted by molar-refractivity contribution is -0.0923. The van der Waals surface area contributed by atoms with Crippen molar-refractivity contribution in [2.45, 2.75) is 37.3 Å². The molecule has 0 bridgehead atoms. The predicted octanol–water partition coefficient (Wildman–Crippen LogP) is 3.63. The van der Waals surface area contributed by atoms with Gasteiger partial charge in [0.25, 0.3) is 0 Å². The summed E-state index contributed by atoms with van der Waals surface area (Å²) in [5.41, 5.74) is 1.49. The Morgan fingerprint density at radius 3 is 3.00 bits per heavy atom. The van der Waals surface area contributed by atoms with E-state index in [4.69, 9.17) is 4.74 Å². The molecular weight excluding hydrogens is 242 g/mol. The molecule has 2 nitrogen and oxygen atoms in total. The molecular formula is C15H21NOS. The zero-order chi connectivity index (χ0) is 12.8. The Hall–Kier alpha value is -0.670. The molecule has 0 radical (unpaired) electrons. The van der Waals surface area contributed by atoms with Crippen molar-refractivity contribution in [3.05, 3.63) is 24.3 Å². The summed E-state index contributed by atoms with van der Waals surface area (Å²) < 4.78 is 5.84. The van der Waals surface area contributed by atoms with Crippen LogP contribution in [0.4, 0.5) is 5.69 Å². The van der Waals surface area contributed by atoms with E-state index >= 15 is 0 Å². The number of thioether (sulfide) groups is 1. The van der Waals surface area contributed by atoms with Crippen molar-refractivity contribution in [2.24, 2.45) is 11.3 Å². The number of hydrogen-bond acceptors (Lipinski definition) is 3. The second-order valence-corrected chi connectivity index (χ2v) is 6.80. The van der Waals surface area contributed by atoms with Gasteiger partial charge in [0, 0.05) is 34.6 Å². The van der Waals surface area contributed by atoms with Crippen molar-refractivity contribution in [1.82, 2.24) is 0 Å². The third-order valence-corrected chi connectivity index (χ3v) is 5.22. The molecule has 1 saturated carbocycles. The third-order valence-electron chi connectivity index (χ3n) is 4.49. The molecule has 98 valence electrons. The van der Waals surface area contributed by atoms with Gasteiger partial charge >= 0.3 is 0 Å². The first-order valence-corrected chi connectivity index (χ1v) is 7.87. The van der Waals surface area contributed by atoms with Crippen LogP contribution in [0, 0.1) is 11.3 Å². The molecule has 3 unspecified atom stereocenters. The van der Waals surface area contributed by atoms with Crippen molar-refractivity contribution in [2.75, 3.05) is 18.2 Å². The van der Waals surface area contributed by atoms with Gasteiger partial charge < -0.3 is 10.1 Å². The van der Waals surface area contributed by atoms with Crippen molar-refractivity contribution in [1.29, 1.82) is 0 Å². The van der Waals surface area contributed by atoms with Crippen LogP contribution in [0.15, 0.2) is 29.2 Å². The fraction of sp³-hybridized carbons (Fsp3) is 0.600. The lowest BCUT2D eigenvalue weighted by Crippen LogP contribution is -2.63. The molecule has 1 saturated heterocycles. The van der Waals surface area contributed by atoms with Crippen LogP contribution in [-0.2, 0) is 4.74 Å². The summed E-state index contributed by atoms with van der Waals surface area (Å²) in [4.78, 5) is 1.32. The van der Waals surface area contributed by atoms with E-state index in [0.717, 1.165) is 6.61 Å². The van der Waals surface area contributed by atoms with Crippen molar-refractivity contribution in [3.63, 3.8) is 0 Å². The highest BCUT2D eigenvalue weighted by Crippen LogP contribution is 2.53. The number of benzene rings is 1. The molecule has 1 N–H and O–H groups in total. The molecule has 3 heteroatoms. The van der Waals surface area contributed by atoms with Gasteiger partial charge in [-0.05, 0) is 30.9 Å². The van der Waals surface area contributed by atoms with Crippen LogP contribution in [-0.4, -0.2) is 25.0 Å². The Labute approximate surface area is 113 Å². The Kier molecular flexibility index (Phi) is 3.07. The van der Waals surface area contributed by atoms with Crippen LogP contribution in [0.2, 0.25) is 0 Å². The zero-order valence-electron chi connectivity index (χ0n) is 11.3. The Balaban J connectivity index is 1.76. The fourth-order valence-corrected chi connectivity index (χ4v) is 3.97. The van der Waals surface area contributed by atoms with E-state index in [0.29, 0.717) is 18.1 Å². The van der Waals surface area contributed by atoms with Crippen LogP contribution in [0.3, 0.4) is 0 Å². The fourth-order valence-electron chi connectivity index (χ4n) is 3.51. The lowest BCUT2D eigenvalue weighted by Gasteiger charge is -2.55. The number of fused-ring (bicyclic) bond motifs is 1. The molecule has 0 amide bonds. The molecule has 1 aliphatic heterocycles. The number of hydrogen-bond donors (Lipinski definition) is 1. The summed E-state index contributed by atoms with van der Waals surface area (Å²) in [6.45, 7) is 5.56. The topological polar surface area (TPSA) is 21.3 Å². The third kappa shape index (κ3) is 1.84. The first kappa shape index (κ1) is 12.4. The number of nitrogens with one attached hydrogen (secondary N) is 1. The van der Waals surface area contributed by atoms with Gasteiger partial charge in [0.05, 0.1) is 6.10 Å². The van der Waals surface area contributed by atoms with Crippen molar-refractivity contribution >= 4 is 17.4 Å². The predicted molar refractivity (Wildman–Crippen MR) is 77.3 cm³/mol. The molecule has 1 aromatic rings. The SMILES string of the molecule is CSc1cccc(NC2C3CCOC3C2(C)C)c1. The number of ether oxygens (including phenoxy) is 1. The van der Waals surface area contributed by atoms with E-state index in [1.807, 2.05) is 0 Å². The Bertz CT molecular complexity index is 446. The molecule has 18 heavy (non-hydrogen) atoms. The van der Waals surface area contributed by atoms with Crippen molar-refractivity contribution in [3.8, 4) is 0 Å². The van der Waals surface area contributed by atoms with Crippen LogP contribution < -0.4 is 5.32 Å². The monoisotopic (exact) mass is 263 g/mol. The molecule has 3 rings (SSSR count). The Morgan fingerprint density at radius 2 is 2.22 bits per heavy atom. The summed E-state index contributed by atoms with van der Waals surface area (Å²) in [6.07, 6.45) is 3.78. The largest absolute Gasteiger partial charge is 0.381 e. The van der Waals surface area contributed by atoms with Crippen molar-refractivity contribution < 1.29 is 4.74 Å². The second-order valence-electron chi connectivity index (χ2n) is 5.92. The van der Waals surface area contributed by atoms with E-state index in [1.165, 1.54) is 17.0 Å². The summed E-state index contributed by atoms with van der Waals surface area (Å²) >= 11 is 1.79. The minimum Gasteiger partial charge on any atom is -0.381 e. The molecule has 3 atom stereocenters. The normalized spacial score (nSPS) is 32.7.